The van der Waals surface area contributed by atoms with Gasteiger partial charge in [0.25, 0.3) is 5.91 Å². The SMILES string of the molecule is CC(OC(=O)CN(C)S(=O)(=O)c1ccc(Cl)cc1)C(=O)NCc1ccc(Cl)cc1. The van der Waals surface area contributed by atoms with Gasteiger partial charge in [-0.05, 0) is 48.9 Å². The number of likely N-dealkylation sites (N-methyl/N-ethyl adjacent to an activating group) is 1. The van der Waals surface area contributed by atoms with Crippen LogP contribution in [0.5, 0.6) is 0 Å². The van der Waals surface area contributed by atoms with Crippen LogP contribution in [0.1, 0.15) is 12.5 Å². The number of hydrogen-bond donors (Lipinski definition) is 1. The van der Waals surface area contributed by atoms with Crippen LogP contribution in [-0.4, -0.2) is 44.3 Å². The Labute approximate surface area is 179 Å². The van der Waals surface area contributed by atoms with Crippen LogP contribution in [0.3, 0.4) is 0 Å². The van der Waals surface area contributed by atoms with E-state index in [1.807, 2.05) is 0 Å². The first-order valence-electron chi connectivity index (χ1n) is 8.53. The smallest absolute Gasteiger partial charge is 0.322 e. The zero-order valence-electron chi connectivity index (χ0n) is 15.8. The van der Waals surface area contributed by atoms with E-state index in [1.54, 1.807) is 24.3 Å². The Hall–Kier alpha value is -2.13. The Bertz CT molecular complexity index is 963. The molecule has 0 radical (unpaired) electrons. The average Bonchev–Trinajstić information content (AvgIpc) is 2.67. The van der Waals surface area contributed by atoms with Crippen molar-refractivity contribution in [2.24, 2.45) is 0 Å². The Morgan fingerprint density at radius 1 is 1.03 bits per heavy atom. The van der Waals surface area contributed by atoms with Crippen LogP contribution in [-0.2, 0) is 30.9 Å². The van der Waals surface area contributed by atoms with Gasteiger partial charge in [-0.15, -0.1) is 0 Å². The van der Waals surface area contributed by atoms with Crippen LogP contribution in [0.25, 0.3) is 0 Å². The second-order valence-electron chi connectivity index (χ2n) is 6.19. The molecule has 0 aliphatic carbocycles. The first-order chi connectivity index (χ1) is 13.6. The van der Waals surface area contributed by atoms with E-state index in [0.29, 0.717) is 10.0 Å². The molecule has 1 unspecified atom stereocenters. The molecule has 0 saturated carbocycles. The van der Waals surface area contributed by atoms with Gasteiger partial charge in [-0.25, -0.2) is 8.42 Å². The normalized spacial score (nSPS) is 12.4. The number of rotatable bonds is 8. The van der Waals surface area contributed by atoms with Crippen LogP contribution in [0, 0.1) is 0 Å². The topological polar surface area (TPSA) is 92.8 Å². The molecule has 0 heterocycles. The van der Waals surface area contributed by atoms with E-state index in [0.717, 1.165) is 9.87 Å². The summed E-state index contributed by atoms with van der Waals surface area (Å²) in [5.74, 6) is -1.35. The van der Waals surface area contributed by atoms with Crippen molar-refractivity contribution in [1.82, 2.24) is 9.62 Å². The second kappa shape index (κ2) is 10.1. The molecule has 1 N–H and O–H groups in total. The van der Waals surface area contributed by atoms with Crippen LogP contribution < -0.4 is 5.32 Å². The lowest BCUT2D eigenvalue weighted by Gasteiger charge is -2.18. The molecular weight excluding hydrogens is 439 g/mol. The van der Waals surface area contributed by atoms with Gasteiger partial charge in [0, 0.05) is 23.6 Å². The third-order valence-corrected chi connectivity index (χ3v) is 6.25. The van der Waals surface area contributed by atoms with Crippen molar-refractivity contribution in [1.29, 1.82) is 0 Å². The van der Waals surface area contributed by atoms with Crippen LogP contribution >= 0.6 is 23.2 Å². The van der Waals surface area contributed by atoms with Gasteiger partial charge in [0.15, 0.2) is 6.10 Å². The number of ether oxygens (including phenoxy) is 1. The van der Waals surface area contributed by atoms with Crippen molar-refractivity contribution in [2.45, 2.75) is 24.5 Å². The lowest BCUT2D eigenvalue weighted by molar-refractivity contribution is -0.154. The van der Waals surface area contributed by atoms with Gasteiger partial charge in [-0.2, -0.15) is 4.31 Å². The number of nitrogens with zero attached hydrogens (tertiary/aromatic N) is 1. The summed E-state index contributed by atoms with van der Waals surface area (Å²) in [6.07, 6.45) is -1.08. The fourth-order valence-electron chi connectivity index (χ4n) is 2.28. The minimum absolute atomic E-state index is 0.00837. The number of esters is 1. The minimum atomic E-state index is -3.89. The summed E-state index contributed by atoms with van der Waals surface area (Å²) in [5.41, 5.74) is 0.829. The monoisotopic (exact) mass is 458 g/mol. The molecule has 29 heavy (non-hydrogen) atoms. The van der Waals surface area contributed by atoms with E-state index in [1.165, 1.54) is 38.2 Å². The summed E-state index contributed by atoms with van der Waals surface area (Å²) in [6, 6.07) is 12.5. The highest BCUT2D eigenvalue weighted by Gasteiger charge is 2.25. The molecule has 2 rings (SSSR count). The Kier molecular flexibility index (Phi) is 8.04. The summed E-state index contributed by atoms with van der Waals surface area (Å²) in [4.78, 5) is 24.2. The van der Waals surface area contributed by atoms with Crippen molar-refractivity contribution in [2.75, 3.05) is 13.6 Å². The molecule has 0 aliphatic heterocycles. The molecule has 7 nitrogen and oxygen atoms in total. The third kappa shape index (κ3) is 6.71. The van der Waals surface area contributed by atoms with Gasteiger partial charge in [-0.1, -0.05) is 35.3 Å². The van der Waals surface area contributed by atoms with Crippen LogP contribution in [0.2, 0.25) is 10.0 Å². The van der Waals surface area contributed by atoms with Crippen LogP contribution in [0.4, 0.5) is 0 Å². The average molecular weight is 459 g/mol. The number of carbonyl (C=O) groups excluding carboxylic acids is 2. The van der Waals surface area contributed by atoms with Gasteiger partial charge < -0.3 is 10.1 Å². The highest BCUT2D eigenvalue weighted by atomic mass is 35.5. The van der Waals surface area contributed by atoms with E-state index >= 15 is 0 Å². The van der Waals surface area contributed by atoms with Crippen molar-refractivity contribution < 1.29 is 22.7 Å². The quantitative estimate of drug-likeness (QED) is 0.613. The summed E-state index contributed by atoms with van der Waals surface area (Å²) in [5, 5.41) is 3.61. The van der Waals surface area contributed by atoms with Crippen molar-refractivity contribution in [3.8, 4) is 0 Å². The number of amides is 1. The lowest BCUT2D eigenvalue weighted by Crippen LogP contribution is -2.39. The van der Waals surface area contributed by atoms with E-state index in [4.69, 9.17) is 27.9 Å². The maximum atomic E-state index is 12.5. The molecular formula is C19H20Cl2N2O5S. The standard InChI is InChI=1S/C19H20Cl2N2O5S/c1-13(19(25)22-11-14-3-5-15(20)6-4-14)28-18(24)12-23(2)29(26,27)17-9-7-16(21)8-10-17/h3-10,13H,11-12H2,1-2H3,(H,22,25). The molecule has 1 amide bonds. The van der Waals surface area contributed by atoms with Gasteiger partial charge in [-0.3, -0.25) is 9.59 Å². The highest BCUT2D eigenvalue weighted by Crippen LogP contribution is 2.17. The van der Waals surface area contributed by atoms with Crippen molar-refractivity contribution in [3.63, 3.8) is 0 Å². The van der Waals surface area contributed by atoms with Crippen molar-refractivity contribution in [3.05, 3.63) is 64.1 Å². The van der Waals surface area contributed by atoms with E-state index in [-0.39, 0.29) is 11.4 Å². The largest absolute Gasteiger partial charge is 0.452 e. The Balaban J connectivity index is 1.87. The maximum Gasteiger partial charge on any atom is 0.322 e. The Morgan fingerprint density at radius 2 is 1.55 bits per heavy atom. The van der Waals surface area contributed by atoms with Crippen molar-refractivity contribution >= 4 is 45.1 Å². The van der Waals surface area contributed by atoms with Gasteiger partial charge in [0.1, 0.15) is 6.54 Å². The van der Waals surface area contributed by atoms with Gasteiger partial charge >= 0.3 is 5.97 Å². The summed E-state index contributed by atoms with van der Waals surface area (Å²) < 4.78 is 30.8. The molecule has 0 spiro atoms. The fourth-order valence-corrected chi connectivity index (χ4v) is 3.64. The molecule has 0 saturated heterocycles. The van der Waals surface area contributed by atoms with Crippen LogP contribution in [0.15, 0.2) is 53.4 Å². The molecule has 2 aromatic rings. The third-order valence-electron chi connectivity index (χ3n) is 3.93. The predicted octanol–water partition coefficient (Wildman–Crippen LogP) is 2.86. The summed E-state index contributed by atoms with van der Waals surface area (Å²) >= 11 is 11.6. The highest BCUT2D eigenvalue weighted by molar-refractivity contribution is 7.89. The molecule has 0 bridgehead atoms. The van der Waals surface area contributed by atoms with E-state index in [2.05, 4.69) is 5.32 Å². The lowest BCUT2D eigenvalue weighted by atomic mass is 10.2. The molecule has 0 aromatic heterocycles. The number of hydrogen-bond acceptors (Lipinski definition) is 5. The molecule has 10 heteroatoms. The van der Waals surface area contributed by atoms with E-state index < -0.39 is 34.5 Å². The summed E-state index contributed by atoms with van der Waals surface area (Å²) in [7, 11) is -2.65. The number of halogens is 2. The molecule has 1 atom stereocenters. The zero-order chi connectivity index (χ0) is 21.6. The molecule has 0 aliphatic rings. The molecule has 0 fully saturated rings. The first kappa shape index (κ1) is 23.2. The molecule has 2 aromatic carbocycles. The maximum absolute atomic E-state index is 12.5. The zero-order valence-corrected chi connectivity index (χ0v) is 18.1. The Morgan fingerprint density at radius 3 is 2.10 bits per heavy atom. The number of carbonyl (C=O) groups is 2. The second-order valence-corrected chi connectivity index (χ2v) is 9.11. The number of nitrogens with one attached hydrogen (secondary N) is 1. The van der Waals surface area contributed by atoms with E-state index in [9.17, 15) is 18.0 Å². The first-order valence-corrected chi connectivity index (χ1v) is 10.7. The molecule has 156 valence electrons. The van der Waals surface area contributed by atoms with Gasteiger partial charge in [0.2, 0.25) is 10.0 Å². The van der Waals surface area contributed by atoms with Gasteiger partial charge in [0.05, 0.1) is 4.90 Å². The fraction of sp³-hybridized carbons (Fsp3) is 0.263. The predicted molar refractivity (Wildman–Crippen MR) is 110 cm³/mol. The number of sulfonamides is 1. The minimum Gasteiger partial charge on any atom is -0.452 e. The number of benzene rings is 2. The summed E-state index contributed by atoms with van der Waals surface area (Å²) in [6.45, 7) is 1.10.